The zero-order chi connectivity index (χ0) is 27.1. The fourth-order valence-electron chi connectivity index (χ4n) is 5.26. The number of piperidine rings is 1. The molecule has 0 atom stereocenters. The molecular formula is C32H45ClN4O. The molecule has 3 aromatic rings. The van der Waals surface area contributed by atoms with Gasteiger partial charge in [0.15, 0.2) is 0 Å². The number of aryl methyl sites for hydroxylation is 1. The van der Waals surface area contributed by atoms with Crippen LogP contribution in [0.1, 0.15) is 76.6 Å². The fourth-order valence-corrected chi connectivity index (χ4v) is 5.39. The number of carbonyl (C=O) groups is 1. The van der Waals surface area contributed by atoms with Crippen molar-refractivity contribution >= 4 is 28.5 Å². The molecule has 0 radical (unpaired) electrons. The maximum absolute atomic E-state index is 13.7. The van der Waals surface area contributed by atoms with Crippen LogP contribution < -0.4 is 0 Å². The Morgan fingerprint density at radius 1 is 0.921 bits per heavy atom. The number of likely N-dealkylation sites (tertiary alicyclic amines) is 1. The van der Waals surface area contributed by atoms with Gasteiger partial charge in [-0.2, -0.15) is 0 Å². The summed E-state index contributed by atoms with van der Waals surface area (Å²) >= 11 is 6.19. The highest BCUT2D eigenvalue weighted by molar-refractivity contribution is 6.30. The SMILES string of the molecule is CC(C)CCN(CCC(C)C)C(=O)c1ccc2nc(-c3ccc(Cl)cc3)n(CCCN3CCCCC3)c2c1. The van der Waals surface area contributed by atoms with E-state index in [4.69, 9.17) is 16.6 Å². The van der Waals surface area contributed by atoms with Gasteiger partial charge in [0.1, 0.15) is 5.82 Å². The number of hydrogen-bond acceptors (Lipinski definition) is 3. The fraction of sp³-hybridized carbons (Fsp3) is 0.562. The molecule has 1 saturated heterocycles. The third kappa shape index (κ3) is 7.60. The van der Waals surface area contributed by atoms with Crippen molar-refractivity contribution in [2.45, 2.75) is 72.8 Å². The highest BCUT2D eigenvalue weighted by Gasteiger charge is 2.20. The van der Waals surface area contributed by atoms with E-state index < -0.39 is 0 Å². The number of amides is 1. The number of benzene rings is 2. The molecule has 206 valence electrons. The van der Waals surface area contributed by atoms with Crippen LogP contribution in [0.5, 0.6) is 0 Å². The quantitative estimate of drug-likeness (QED) is 0.237. The summed E-state index contributed by atoms with van der Waals surface area (Å²) < 4.78 is 2.31. The second-order valence-electron chi connectivity index (χ2n) is 11.7. The first-order chi connectivity index (χ1) is 18.3. The van der Waals surface area contributed by atoms with E-state index in [0.29, 0.717) is 11.8 Å². The monoisotopic (exact) mass is 536 g/mol. The van der Waals surface area contributed by atoms with Crippen molar-refractivity contribution < 1.29 is 4.79 Å². The summed E-state index contributed by atoms with van der Waals surface area (Å²) in [6.45, 7) is 14.8. The van der Waals surface area contributed by atoms with Crippen molar-refractivity contribution in [1.82, 2.24) is 19.4 Å². The largest absolute Gasteiger partial charge is 0.339 e. The molecule has 1 fully saturated rings. The first-order valence-corrected chi connectivity index (χ1v) is 15.0. The Labute approximate surface area is 234 Å². The number of halogens is 1. The average Bonchev–Trinajstić information content (AvgIpc) is 3.27. The summed E-state index contributed by atoms with van der Waals surface area (Å²) in [5.74, 6) is 2.20. The maximum atomic E-state index is 13.7. The Balaban J connectivity index is 1.64. The Hall–Kier alpha value is -2.37. The molecule has 4 rings (SSSR count). The van der Waals surface area contributed by atoms with Gasteiger partial charge in [-0.3, -0.25) is 4.79 Å². The molecule has 0 bridgehead atoms. The first-order valence-electron chi connectivity index (χ1n) is 14.6. The molecule has 1 aliphatic heterocycles. The van der Waals surface area contributed by atoms with Gasteiger partial charge >= 0.3 is 0 Å². The third-order valence-electron chi connectivity index (χ3n) is 7.64. The van der Waals surface area contributed by atoms with Crippen molar-refractivity contribution in [3.05, 3.63) is 53.1 Å². The van der Waals surface area contributed by atoms with Crippen molar-refractivity contribution in [1.29, 1.82) is 0 Å². The lowest BCUT2D eigenvalue weighted by atomic mass is 10.1. The molecule has 2 aromatic carbocycles. The Morgan fingerprint density at radius 2 is 1.58 bits per heavy atom. The van der Waals surface area contributed by atoms with Crippen LogP contribution in [0.15, 0.2) is 42.5 Å². The van der Waals surface area contributed by atoms with Crippen molar-refractivity contribution in [3.63, 3.8) is 0 Å². The molecule has 1 aromatic heterocycles. The predicted molar refractivity (Wildman–Crippen MR) is 160 cm³/mol. The molecule has 38 heavy (non-hydrogen) atoms. The summed E-state index contributed by atoms with van der Waals surface area (Å²) in [6, 6.07) is 14.0. The summed E-state index contributed by atoms with van der Waals surface area (Å²) in [5.41, 5.74) is 3.77. The average molecular weight is 537 g/mol. The zero-order valence-corrected chi connectivity index (χ0v) is 24.5. The van der Waals surface area contributed by atoms with Crippen LogP contribution in [-0.2, 0) is 6.54 Å². The summed E-state index contributed by atoms with van der Waals surface area (Å²) in [5, 5.41) is 0.720. The van der Waals surface area contributed by atoms with E-state index in [9.17, 15) is 4.79 Å². The van der Waals surface area contributed by atoms with Crippen LogP contribution in [0.2, 0.25) is 5.02 Å². The van der Waals surface area contributed by atoms with E-state index in [1.165, 1.54) is 32.4 Å². The topological polar surface area (TPSA) is 41.4 Å². The van der Waals surface area contributed by atoms with Crippen LogP contribution in [0.4, 0.5) is 0 Å². The van der Waals surface area contributed by atoms with Crippen LogP contribution in [0.25, 0.3) is 22.4 Å². The lowest BCUT2D eigenvalue weighted by Crippen LogP contribution is -2.34. The molecule has 1 aliphatic rings. The number of carbonyl (C=O) groups excluding carboxylic acids is 1. The number of rotatable bonds is 12. The normalized spacial score (nSPS) is 14.6. The van der Waals surface area contributed by atoms with Gasteiger partial charge in [0.2, 0.25) is 0 Å². The van der Waals surface area contributed by atoms with Crippen LogP contribution in [0, 0.1) is 11.8 Å². The van der Waals surface area contributed by atoms with E-state index in [-0.39, 0.29) is 5.91 Å². The molecule has 6 heteroatoms. The van der Waals surface area contributed by atoms with Crippen LogP contribution >= 0.6 is 11.6 Å². The van der Waals surface area contributed by atoms with E-state index >= 15 is 0 Å². The van der Waals surface area contributed by atoms with Gasteiger partial charge in [-0.1, -0.05) is 45.7 Å². The standard InChI is InChI=1S/C32H45ClN4O/c1-24(2)15-21-36(22-16-25(3)4)32(38)27-11-14-29-30(23-27)37(20-8-19-35-17-6-5-7-18-35)31(34-29)26-9-12-28(33)13-10-26/h9-14,23-25H,5-8,15-22H2,1-4H3. The lowest BCUT2D eigenvalue weighted by molar-refractivity contribution is 0.0741. The minimum absolute atomic E-state index is 0.127. The molecule has 0 saturated carbocycles. The van der Waals surface area contributed by atoms with Gasteiger partial charge in [-0.15, -0.1) is 0 Å². The van der Waals surface area contributed by atoms with Gasteiger partial charge < -0.3 is 14.4 Å². The number of aromatic nitrogens is 2. The minimum atomic E-state index is 0.127. The van der Waals surface area contributed by atoms with Crippen molar-refractivity contribution in [3.8, 4) is 11.4 Å². The molecule has 5 nitrogen and oxygen atoms in total. The second kappa shape index (κ2) is 13.6. The summed E-state index contributed by atoms with van der Waals surface area (Å²) in [6.07, 6.45) is 7.05. The minimum Gasteiger partial charge on any atom is -0.339 e. The summed E-state index contributed by atoms with van der Waals surface area (Å²) in [4.78, 5) is 23.4. The van der Waals surface area contributed by atoms with Gasteiger partial charge in [0, 0.05) is 35.8 Å². The van der Waals surface area contributed by atoms with Crippen molar-refractivity contribution in [2.75, 3.05) is 32.7 Å². The van der Waals surface area contributed by atoms with E-state index in [0.717, 1.165) is 78.4 Å². The number of hydrogen-bond donors (Lipinski definition) is 0. The van der Waals surface area contributed by atoms with Gasteiger partial charge in [0.25, 0.3) is 5.91 Å². The molecular weight excluding hydrogens is 492 g/mol. The number of imidazole rings is 1. The third-order valence-corrected chi connectivity index (χ3v) is 7.89. The van der Waals surface area contributed by atoms with Gasteiger partial charge in [-0.05, 0) is 106 Å². The Morgan fingerprint density at radius 3 is 2.21 bits per heavy atom. The van der Waals surface area contributed by atoms with Crippen molar-refractivity contribution in [2.24, 2.45) is 11.8 Å². The van der Waals surface area contributed by atoms with E-state index in [2.05, 4.69) is 48.1 Å². The zero-order valence-electron chi connectivity index (χ0n) is 23.8. The molecule has 0 aliphatic carbocycles. The van der Waals surface area contributed by atoms with E-state index in [1.807, 2.05) is 36.4 Å². The molecule has 2 heterocycles. The molecule has 0 unspecified atom stereocenters. The summed E-state index contributed by atoms with van der Waals surface area (Å²) in [7, 11) is 0. The molecule has 1 amide bonds. The Kier molecular flexibility index (Phi) is 10.3. The van der Waals surface area contributed by atoms with Gasteiger partial charge in [-0.25, -0.2) is 4.98 Å². The van der Waals surface area contributed by atoms with Crippen LogP contribution in [0.3, 0.4) is 0 Å². The predicted octanol–water partition coefficient (Wildman–Crippen LogP) is 7.77. The number of nitrogens with zero attached hydrogens (tertiary/aromatic N) is 4. The van der Waals surface area contributed by atoms with Gasteiger partial charge in [0.05, 0.1) is 11.0 Å². The maximum Gasteiger partial charge on any atom is 0.253 e. The molecule has 0 spiro atoms. The highest BCUT2D eigenvalue weighted by Crippen LogP contribution is 2.28. The van der Waals surface area contributed by atoms with E-state index in [1.54, 1.807) is 0 Å². The second-order valence-corrected chi connectivity index (χ2v) is 12.1. The highest BCUT2D eigenvalue weighted by atomic mass is 35.5. The molecule has 0 N–H and O–H groups in total. The van der Waals surface area contributed by atoms with Crippen LogP contribution in [-0.4, -0.2) is 58.0 Å². The lowest BCUT2D eigenvalue weighted by Gasteiger charge is -2.26. The first kappa shape index (κ1) is 28.6. The number of fused-ring (bicyclic) bond motifs is 1. The Bertz CT molecular complexity index is 1170. The smallest absolute Gasteiger partial charge is 0.253 e.